The zero-order valence-electron chi connectivity index (χ0n) is 11.7. The van der Waals surface area contributed by atoms with Gasteiger partial charge in [-0.25, -0.2) is 4.79 Å². The Balaban J connectivity index is 4.53. The van der Waals surface area contributed by atoms with E-state index in [9.17, 15) is 9.59 Å². The highest BCUT2D eigenvalue weighted by atomic mass is 16.5. The smallest absolute Gasteiger partial charge is 0.328 e. The van der Waals surface area contributed by atoms with E-state index in [1.54, 1.807) is 0 Å². The first kappa shape index (κ1) is 15.9. The number of carbonyl (C=O) groups is 2. The molecule has 0 aliphatic heterocycles. The Morgan fingerprint density at radius 3 is 2.00 bits per heavy atom. The molecule has 0 radical (unpaired) electrons. The van der Waals surface area contributed by atoms with Crippen LogP contribution >= 0.6 is 0 Å². The van der Waals surface area contributed by atoms with Gasteiger partial charge in [-0.05, 0) is 18.3 Å². The fourth-order valence-electron chi connectivity index (χ4n) is 1.43. The van der Waals surface area contributed by atoms with Crippen molar-refractivity contribution in [3.63, 3.8) is 0 Å². The Labute approximate surface area is 104 Å². The maximum Gasteiger partial charge on any atom is 0.328 e. The predicted octanol–water partition coefficient (Wildman–Crippen LogP) is 1.98. The summed E-state index contributed by atoms with van der Waals surface area (Å²) in [6.07, 6.45) is 0.600. The van der Waals surface area contributed by atoms with Crippen molar-refractivity contribution in [1.82, 2.24) is 5.32 Å². The molecule has 0 fully saturated rings. The van der Waals surface area contributed by atoms with Crippen molar-refractivity contribution >= 4 is 11.9 Å². The van der Waals surface area contributed by atoms with Gasteiger partial charge in [0.1, 0.15) is 6.04 Å². The highest BCUT2D eigenvalue weighted by Gasteiger charge is 2.25. The first-order valence-corrected chi connectivity index (χ1v) is 6.17. The first-order valence-electron chi connectivity index (χ1n) is 6.17. The molecule has 0 rings (SSSR count). The van der Waals surface area contributed by atoms with Crippen molar-refractivity contribution in [2.75, 3.05) is 7.11 Å². The summed E-state index contributed by atoms with van der Waals surface area (Å²) < 4.78 is 4.70. The van der Waals surface area contributed by atoms with E-state index >= 15 is 0 Å². The van der Waals surface area contributed by atoms with E-state index in [-0.39, 0.29) is 23.7 Å². The molecule has 0 aromatic heterocycles. The Kier molecular flexibility index (Phi) is 6.85. The number of nitrogens with one attached hydrogen (secondary N) is 1. The third-order valence-electron chi connectivity index (χ3n) is 2.92. The summed E-state index contributed by atoms with van der Waals surface area (Å²) in [5.41, 5.74) is 0. The zero-order valence-corrected chi connectivity index (χ0v) is 11.7. The molecule has 0 saturated heterocycles. The molecule has 4 nitrogen and oxygen atoms in total. The number of esters is 1. The topological polar surface area (TPSA) is 55.4 Å². The average Bonchev–Trinajstić information content (AvgIpc) is 2.24. The van der Waals surface area contributed by atoms with Crippen LogP contribution in [0.4, 0.5) is 0 Å². The number of ether oxygens (including phenoxy) is 1. The van der Waals surface area contributed by atoms with Crippen LogP contribution in [0.15, 0.2) is 0 Å². The van der Waals surface area contributed by atoms with Gasteiger partial charge in [0.2, 0.25) is 5.91 Å². The molecule has 100 valence electrons. The Hall–Kier alpha value is -1.06. The number of carbonyl (C=O) groups excluding carboxylic acids is 2. The van der Waals surface area contributed by atoms with Gasteiger partial charge in [-0.1, -0.05) is 34.6 Å². The van der Waals surface area contributed by atoms with E-state index in [0.29, 0.717) is 12.3 Å². The highest BCUT2D eigenvalue weighted by molar-refractivity contribution is 5.85. The molecule has 1 N–H and O–H groups in total. The number of hydrogen-bond acceptors (Lipinski definition) is 3. The van der Waals surface area contributed by atoms with Crippen LogP contribution in [0.1, 0.15) is 41.0 Å². The lowest BCUT2D eigenvalue weighted by atomic mass is 9.96. The standard InChI is InChI=1S/C13H25NO3/c1-8(2)7-11(13(16)17-6)14-12(15)10(5)9(3)4/h8-11H,7H2,1-6H3,(H,14,15). The molecule has 2 unspecified atom stereocenters. The zero-order chi connectivity index (χ0) is 13.6. The lowest BCUT2D eigenvalue weighted by Crippen LogP contribution is -2.45. The molecule has 0 saturated carbocycles. The molecule has 2 atom stereocenters. The fraction of sp³-hybridized carbons (Fsp3) is 0.846. The van der Waals surface area contributed by atoms with Gasteiger partial charge in [-0.3, -0.25) is 4.79 Å². The Morgan fingerprint density at radius 2 is 1.65 bits per heavy atom. The second-order valence-electron chi connectivity index (χ2n) is 5.25. The molecule has 0 heterocycles. The van der Waals surface area contributed by atoms with Gasteiger partial charge in [0.05, 0.1) is 7.11 Å². The van der Waals surface area contributed by atoms with Crippen LogP contribution in [-0.2, 0) is 14.3 Å². The SMILES string of the molecule is COC(=O)C(CC(C)C)NC(=O)C(C)C(C)C. The molecule has 0 aliphatic carbocycles. The minimum Gasteiger partial charge on any atom is -0.467 e. The summed E-state index contributed by atoms with van der Waals surface area (Å²) in [6, 6.07) is -0.534. The summed E-state index contributed by atoms with van der Waals surface area (Å²) >= 11 is 0. The van der Waals surface area contributed by atoms with Crippen molar-refractivity contribution in [1.29, 1.82) is 0 Å². The molecular formula is C13H25NO3. The van der Waals surface area contributed by atoms with E-state index in [1.807, 2.05) is 34.6 Å². The van der Waals surface area contributed by atoms with Crippen LogP contribution in [0.25, 0.3) is 0 Å². The van der Waals surface area contributed by atoms with Crippen LogP contribution in [0.5, 0.6) is 0 Å². The second-order valence-corrected chi connectivity index (χ2v) is 5.25. The summed E-state index contributed by atoms with van der Waals surface area (Å²) in [6.45, 7) is 9.85. The second kappa shape index (κ2) is 7.30. The molecule has 0 bridgehead atoms. The molecule has 0 aromatic rings. The van der Waals surface area contributed by atoms with E-state index in [0.717, 1.165) is 0 Å². The molecule has 0 aliphatic rings. The van der Waals surface area contributed by atoms with Gasteiger partial charge in [0.15, 0.2) is 0 Å². The number of rotatable bonds is 6. The van der Waals surface area contributed by atoms with Gasteiger partial charge in [-0.2, -0.15) is 0 Å². The van der Waals surface area contributed by atoms with Crippen molar-refractivity contribution in [2.45, 2.75) is 47.1 Å². The third kappa shape index (κ3) is 5.71. The predicted molar refractivity (Wildman–Crippen MR) is 67.4 cm³/mol. The van der Waals surface area contributed by atoms with E-state index in [1.165, 1.54) is 7.11 Å². The van der Waals surface area contributed by atoms with Gasteiger partial charge in [0.25, 0.3) is 0 Å². The summed E-state index contributed by atoms with van der Waals surface area (Å²) in [5.74, 6) is 0.0227. The van der Waals surface area contributed by atoms with Crippen LogP contribution in [0.3, 0.4) is 0 Å². The molecule has 1 amide bonds. The van der Waals surface area contributed by atoms with Crippen molar-refractivity contribution in [3.8, 4) is 0 Å². The van der Waals surface area contributed by atoms with Crippen molar-refractivity contribution < 1.29 is 14.3 Å². The number of hydrogen-bond donors (Lipinski definition) is 1. The molecule has 4 heteroatoms. The first-order chi connectivity index (χ1) is 7.79. The summed E-state index contributed by atoms with van der Waals surface area (Å²) in [5, 5.41) is 2.77. The minimum absolute atomic E-state index is 0.0870. The van der Waals surface area contributed by atoms with Crippen LogP contribution in [0.2, 0.25) is 0 Å². The van der Waals surface area contributed by atoms with Gasteiger partial charge in [0, 0.05) is 5.92 Å². The summed E-state index contributed by atoms with van der Waals surface area (Å²) in [7, 11) is 1.34. The normalized spacial score (nSPS) is 14.6. The van der Waals surface area contributed by atoms with Gasteiger partial charge in [-0.15, -0.1) is 0 Å². The van der Waals surface area contributed by atoms with Crippen molar-refractivity contribution in [2.24, 2.45) is 17.8 Å². The highest BCUT2D eigenvalue weighted by Crippen LogP contribution is 2.12. The monoisotopic (exact) mass is 243 g/mol. The quantitative estimate of drug-likeness (QED) is 0.726. The number of amides is 1. The largest absolute Gasteiger partial charge is 0.467 e. The lowest BCUT2D eigenvalue weighted by molar-refractivity contribution is -0.146. The lowest BCUT2D eigenvalue weighted by Gasteiger charge is -2.22. The van der Waals surface area contributed by atoms with Crippen molar-refractivity contribution in [3.05, 3.63) is 0 Å². The number of methoxy groups -OCH3 is 1. The minimum atomic E-state index is -0.534. The Morgan fingerprint density at radius 1 is 1.12 bits per heavy atom. The maximum absolute atomic E-state index is 11.9. The van der Waals surface area contributed by atoms with Gasteiger partial charge >= 0.3 is 5.97 Å². The summed E-state index contributed by atoms with van der Waals surface area (Å²) in [4.78, 5) is 23.4. The maximum atomic E-state index is 11.9. The van der Waals surface area contributed by atoms with Crippen LogP contribution in [0, 0.1) is 17.8 Å². The molecule has 0 spiro atoms. The molecular weight excluding hydrogens is 218 g/mol. The van der Waals surface area contributed by atoms with E-state index in [2.05, 4.69) is 5.32 Å². The van der Waals surface area contributed by atoms with E-state index < -0.39 is 6.04 Å². The Bertz CT molecular complexity index is 261. The third-order valence-corrected chi connectivity index (χ3v) is 2.92. The van der Waals surface area contributed by atoms with E-state index in [4.69, 9.17) is 4.74 Å². The fourth-order valence-corrected chi connectivity index (χ4v) is 1.43. The van der Waals surface area contributed by atoms with Crippen LogP contribution < -0.4 is 5.32 Å². The molecule has 0 aromatic carbocycles. The average molecular weight is 243 g/mol. The van der Waals surface area contributed by atoms with Crippen LogP contribution in [-0.4, -0.2) is 25.0 Å². The van der Waals surface area contributed by atoms with Gasteiger partial charge < -0.3 is 10.1 Å². The molecule has 17 heavy (non-hydrogen) atoms.